The van der Waals surface area contributed by atoms with Crippen LogP contribution in [0, 0.1) is 5.92 Å². The van der Waals surface area contributed by atoms with Gasteiger partial charge in [0.25, 0.3) is 0 Å². The Kier molecular flexibility index (Phi) is 6.65. The van der Waals surface area contributed by atoms with Crippen molar-refractivity contribution >= 4 is 0 Å². The Morgan fingerprint density at radius 3 is 2.55 bits per heavy atom. The molecule has 0 unspecified atom stereocenters. The van der Waals surface area contributed by atoms with Gasteiger partial charge in [0.15, 0.2) is 0 Å². The average molecular weight is 422 g/mol. The molecule has 166 valence electrons. The molecule has 2 aromatic rings. The van der Waals surface area contributed by atoms with Crippen LogP contribution in [0.25, 0.3) is 11.1 Å². The summed E-state index contributed by atoms with van der Waals surface area (Å²) in [6.45, 7) is 6.72. The van der Waals surface area contributed by atoms with Crippen LogP contribution in [0.5, 0.6) is 0 Å². The smallest absolute Gasteiger partial charge is 0.0593 e. The van der Waals surface area contributed by atoms with Crippen molar-refractivity contribution in [3.8, 4) is 11.1 Å². The second-order valence-corrected chi connectivity index (χ2v) is 9.47. The van der Waals surface area contributed by atoms with Gasteiger partial charge in [0, 0.05) is 56.7 Å². The van der Waals surface area contributed by atoms with E-state index in [1.54, 1.807) is 0 Å². The van der Waals surface area contributed by atoms with Gasteiger partial charge in [-0.2, -0.15) is 0 Å². The van der Waals surface area contributed by atoms with Crippen LogP contribution < -0.4 is 0 Å². The first-order valence-electron chi connectivity index (χ1n) is 12.0. The Bertz CT molecular complexity index is 822. The van der Waals surface area contributed by atoms with Crippen LogP contribution in [0.4, 0.5) is 0 Å². The first kappa shape index (κ1) is 21.1. The molecule has 0 spiro atoms. The van der Waals surface area contributed by atoms with E-state index in [0.717, 1.165) is 37.8 Å². The second-order valence-electron chi connectivity index (χ2n) is 9.47. The molecule has 0 aliphatic carbocycles. The third-order valence-corrected chi connectivity index (χ3v) is 7.60. The highest BCUT2D eigenvalue weighted by Crippen LogP contribution is 2.42. The molecule has 3 atom stereocenters. The second kappa shape index (κ2) is 9.78. The summed E-state index contributed by atoms with van der Waals surface area (Å²) in [4.78, 5) is 9.53. The lowest BCUT2D eigenvalue weighted by atomic mass is 9.74. The zero-order valence-electron chi connectivity index (χ0n) is 18.4. The van der Waals surface area contributed by atoms with Crippen LogP contribution in [-0.2, 0) is 4.74 Å². The number of fused-ring (bicyclic) bond motifs is 1. The van der Waals surface area contributed by atoms with E-state index in [4.69, 9.17) is 4.74 Å². The monoisotopic (exact) mass is 421 g/mol. The third kappa shape index (κ3) is 4.56. The van der Waals surface area contributed by atoms with E-state index in [1.807, 2.05) is 18.5 Å². The number of aliphatic hydroxyl groups is 1. The largest absolute Gasteiger partial charge is 0.395 e. The molecule has 3 fully saturated rings. The molecular formula is C26H35N3O2. The van der Waals surface area contributed by atoms with Gasteiger partial charge in [0.2, 0.25) is 0 Å². The molecule has 1 aromatic carbocycles. The maximum Gasteiger partial charge on any atom is 0.0593 e. The lowest BCUT2D eigenvalue weighted by Crippen LogP contribution is -2.67. The summed E-state index contributed by atoms with van der Waals surface area (Å²) in [5.74, 6) is 1.18. The predicted octanol–water partition coefficient (Wildman–Crippen LogP) is 3.40. The van der Waals surface area contributed by atoms with E-state index in [1.165, 1.54) is 49.9 Å². The number of rotatable bonds is 5. The molecule has 3 aliphatic rings. The number of pyridine rings is 1. The van der Waals surface area contributed by atoms with Crippen molar-refractivity contribution in [3.05, 3.63) is 54.4 Å². The highest BCUT2D eigenvalue weighted by molar-refractivity contribution is 5.62. The standard InChI is InChI=1S/C26H35N3O2/c30-19-25-26(22-7-5-21(6-8-22)23-4-3-11-27-16-23)24-18-28(12-1-2-13-29(24)25)17-20-9-14-31-15-10-20/h3-8,11,16,20,24-26,30H,1-2,9-10,12-15,17-19H2/t24-,25+,26-/m0/s1. The number of hydrogen-bond acceptors (Lipinski definition) is 5. The number of benzene rings is 1. The van der Waals surface area contributed by atoms with Crippen LogP contribution in [0.15, 0.2) is 48.8 Å². The van der Waals surface area contributed by atoms with Gasteiger partial charge in [-0.1, -0.05) is 30.3 Å². The molecule has 5 rings (SSSR count). The van der Waals surface area contributed by atoms with E-state index in [-0.39, 0.29) is 12.6 Å². The van der Waals surface area contributed by atoms with Gasteiger partial charge in [0.05, 0.1) is 6.61 Å². The minimum Gasteiger partial charge on any atom is -0.395 e. The van der Waals surface area contributed by atoms with E-state index in [0.29, 0.717) is 12.0 Å². The van der Waals surface area contributed by atoms with Gasteiger partial charge in [-0.05, 0) is 67.4 Å². The number of ether oxygens (including phenoxy) is 1. The van der Waals surface area contributed by atoms with Crippen molar-refractivity contribution in [1.82, 2.24) is 14.8 Å². The molecule has 3 saturated heterocycles. The summed E-state index contributed by atoms with van der Waals surface area (Å²) < 4.78 is 5.57. The highest BCUT2D eigenvalue weighted by Gasteiger charge is 2.49. The maximum atomic E-state index is 10.2. The number of nitrogens with zero attached hydrogens (tertiary/aromatic N) is 3. The van der Waals surface area contributed by atoms with E-state index in [9.17, 15) is 5.11 Å². The van der Waals surface area contributed by atoms with Gasteiger partial charge >= 0.3 is 0 Å². The molecular weight excluding hydrogens is 386 g/mol. The number of hydrogen-bond donors (Lipinski definition) is 1. The van der Waals surface area contributed by atoms with Gasteiger partial charge in [0.1, 0.15) is 0 Å². The van der Waals surface area contributed by atoms with Crippen molar-refractivity contribution in [2.45, 2.75) is 43.7 Å². The lowest BCUT2D eigenvalue weighted by Gasteiger charge is -2.57. The predicted molar refractivity (Wildman–Crippen MR) is 123 cm³/mol. The Labute approximate surface area is 186 Å². The summed E-state index contributed by atoms with van der Waals surface area (Å²) in [6, 6.07) is 13.8. The maximum absolute atomic E-state index is 10.2. The van der Waals surface area contributed by atoms with E-state index >= 15 is 0 Å². The third-order valence-electron chi connectivity index (χ3n) is 7.60. The Morgan fingerprint density at radius 2 is 1.81 bits per heavy atom. The zero-order chi connectivity index (χ0) is 21.0. The molecule has 0 radical (unpaired) electrons. The molecule has 1 aromatic heterocycles. The molecule has 4 heterocycles. The van der Waals surface area contributed by atoms with Gasteiger partial charge < -0.3 is 14.7 Å². The van der Waals surface area contributed by atoms with E-state index < -0.39 is 0 Å². The van der Waals surface area contributed by atoms with Crippen molar-refractivity contribution in [3.63, 3.8) is 0 Å². The van der Waals surface area contributed by atoms with Gasteiger partial charge in [-0.25, -0.2) is 0 Å². The molecule has 3 aliphatic heterocycles. The van der Waals surface area contributed by atoms with Gasteiger partial charge in [-0.15, -0.1) is 0 Å². The summed E-state index contributed by atoms with van der Waals surface area (Å²) in [5.41, 5.74) is 3.71. The quantitative estimate of drug-likeness (QED) is 0.802. The normalized spacial score (nSPS) is 28.4. The van der Waals surface area contributed by atoms with Crippen LogP contribution in [0.3, 0.4) is 0 Å². The van der Waals surface area contributed by atoms with Crippen molar-refractivity contribution < 1.29 is 9.84 Å². The highest BCUT2D eigenvalue weighted by atomic mass is 16.5. The van der Waals surface area contributed by atoms with Crippen LogP contribution in [0.2, 0.25) is 0 Å². The number of aromatic nitrogens is 1. The Morgan fingerprint density at radius 1 is 1.00 bits per heavy atom. The molecule has 5 nitrogen and oxygen atoms in total. The summed E-state index contributed by atoms with van der Waals surface area (Å²) >= 11 is 0. The minimum absolute atomic E-state index is 0.242. The molecule has 1 N–H and O–H groups in total. The van der Waals surface area contributed by atoms with Crippen molar-refractivity contribution in [1.29, 1.82) is 0 Å². The van der Waals surface area contributed by atoms with E-state index in [2.05, 4.69) is 45.1 Å². The molecule has 5 heteroatoms. The van der Waals surface area contributed by atoms with Crippen LogP contribution >= 0.6 is 0 Å². The average Bonchev–Trinajstić information content (AvgIpc) is 2.81. The molecule has 0 saturated carbocycles. The molecule has 0 bridgehead atoms. The Hall–Kier alpha value is -1.79. The van der Waals surface area contributed by atoms with Crippen LogP contribution in [0.1, 0.15) is 37.2 Å². The number of aliphatic hydroxyl groups excluding tert-OH is 1. The lowest BCUT2D eigenvalue weighted by molar-refractivity contribution is -0.0677. The van der Waals surface area contributed by atoms with Gasteiger partial charge in [-0.3, -0.25) is 9.88 Å². The fourth-order valence-corrected chi connectivity index (χ4v) is 5.90. The Balaban J connectivity index is 1.32. The molecule has 0 amide bonds. The summed E-state index contributed by atoms with van der Waals surface area (Å²) in [5, 5.41) is 10.2. The topological polar surface area (TPSA) is 48.8 Å². The fourth-order valence-electron chi connectivity index (χ4n) is 5.90. The van der Waals surface area contributed by atoms with Crippen LogP contribution in [-0.4, -0.2) is 78.0 Å². The van der Waals surface area contributed by atoms with Crippen molar-refractivity contribution in [2.24, 2.45) is 5.92 Å². The summed E-state index contributed by atoms with van der Waals surface area (Å²) in [6.07, 6.45) is 8.61. The SMILES string of the molecule is OC[C@@H]1[C@@H](c2ccc(-c3cccnc3)cc2)[C@@H]2CN(CC3CCOCC3)CCCCN12. The fraction of sp³-hybridized carbons (Fsp3) is 0.577. The first-order valence-corrected chi connectivity index (χ1v) is 12.0. The summed E-state index contributed by atoms with van der Waals surface area (Å²) in [7, 11) is 0. The molecule has 31 heavy (non-hydrogen) atoms. The minimum atomic E-state index is 0.242. The zero-order valence-corrected chi connectivity index (χ0v) is 18.4. The van der Waals surface area contributed by atoms with Crippen molar-refractivity contribution in [2.75, 3.05) is 46.0 Å². The first-order chi connectivity index (χ1) is 15.3.